The van der Waals surface area contributed by atoms with Crippen molar-refractivity contribution in [3.05, 3.63) is 175 Å². The van der Waals surface area contributed by atoms with Crippen LogP contribution in [0.25, 0.3) is 61.0 Å². The van der Waals surface area contributed by atoms with Gasteiger partial charge in [-0.1, -0.05) is 133 Å². The van der Waals surface area contributed by atoms with Crippen molar-refractivity contribution in [2.75, 3.05) is 6.54 Å². The predicted molar refractivity (Wildman–Crippen MR) is 192 cm³/mol. The lowest BCUT2D eigenvalue weighted by Gasteiger charge is -2.27. The van der Waals surface area contributed by atoms with Gasteiger partial charge >= 0.3 is 0 Å². The van der Waals surface area contributed by atoms with E-state index in [-0.39, 0.29) is 6.04 Å². The van der Waals surface area contributed by atoms with E-state index >= 15 is 0 Å². The van der Waals surface area contributed by atoms with Crippen LogP contribution in [0.4, 0.5) is 0 Å². The van der Waals surface area contributed by atoms with E-state index in [9.17, 15) is 0 Å². The molecule has 9 rings (SSSR count). The molecular weight excluding hydrogens is 558 g/mol. The maximum Gasteiger partial charge on any atom is 0.134 e. The lowest BCUT2D eigenvalue weighted by atomic mass is 9.92. The van der Waals surface area contributed by atoms with Gasteiger partial charge in [0, 0.05) is 23.4 Å². The first-order valence-corrected chi connectivity index (χ1v) is 15.9. The van der Waals surface area contributed by atoms with Crippen LogP contribution in [0, 0.1) is 0 Å². The van der Waals surface area contributed by atoms with Crippen LogP contribution in [0.2, 0.25) is 0 Å². The van der Waals surface area contributed by atoms with Crippen LogP contribution < -0.4 is 10.6 Å². The highest BCUT2D eigenvalue weighted by Crippen LogP contribution is 2.49. The van der Waals surface area contributed by atoms with E-state index in [0.717, 1.165) is 34.9 Å². The second-order valence-corrected chi connectivity index (χ2v) is 12.0. The molecule has 0 bridgehead atoms. The van der Waals surface area contributed by atoms with Gasteiger partial charge in [-0.3, -0.25) is 0 Å². The van der Waals surface area contributed by atoms with E-state index in [2.05, 4.69) is 162 Å². The van der Waals surface area contributed by atoms with Gasteiger partial charge in [0.25, 0.3) is 0 Å². The first kappa shape index (κ1) is 26.5. The van der Waals surface area contributed by atoms with Gasteiger partial charge in [0.1, 0.15) is 5.84 Å². The number of allylic oxidation sites excluding steroid dienone is 2. The number of benzene rings is 6. The number of amidine groups is 1. The summed E-state index contributed by atoms with van der Waals surface area (Å²) in [6.07, 6.45) is 8.61. The Kier molecular flexibility index (Phi) is 6.27. The molecule has 0 amide bonds. The highest BCUT2D eigenvalue weighted by Gasteiger charge is 2.23. The van der Waals surface area contributed by atoms with Crippen LogP contribution in [0.5, 0.6) is 0 Å². The molecule has 1 aliphatic carbocycles. The zero-order valence-corrected chi connectivity index (χ0v) is 25.2. The van der Waals surface area contributed by atoms with Gasteiger partial charge in [0.05, 0.1) is 11.7 Å². The van der Waals surface area contributed by atoms with Crippen molar-refractivity contribution in [1.29, 1.82) is 0 Å². The predicted octanol–water partition coefficient (Wildman–Crippen LogP) is 9.62. The Morgan fingerprint density at radius 2 is 1.17 bits per heavy atom. The van der Waals surface area contributed by atoms with E-state index < -0.39 is 0 Å². The molecule has 3 nitrogen and oxygen atoms in total. The summed E-state index contributed by atoms with van der Waals surface area (Å²) in [7, 11) is 0. The fraction of sp³-hybridized carbons (Fsp3) is 0.0465. The smallest absolute Gasteiger partial charge is 0.134 e. The maximum absolute atomic E-state index is 5.13. The molecule has 2 aliphatic heterocycles. The second kappa shape index (κ2) is 10.9. The summed E-state index contributed by atoms with van der Waals surface area (Å²) in [5, 5.41) is 9.84. The van der Waals surface area contributed by atoms with E-state index in [1.807, 2.05) is 6.07 Å². The number of nitrogens with one attached hydrogen (secondary N) is 2. The van der Waals surface area contributed by atoms with Gasteiger partial charge in [0.2, 0.25) is 0 Å². The third-order valence-corrected chi connectivity index (χ3v) is 9.28. The molecule has 0 saturated carbocycles. The van der Waals surface area contributed by atoms with Crippen molar-refractivity contribution >= 4 is 22.3 Å². The fourth-order valence-corrected chi connectivity index (χ4v) is 7.08. The summed E-state index contributed by atoms with van der Waals surface area (Å²) in [6, 6.07) is 48.1. The third kappa shape index (κ3) is 4.48. The van der Waals surface area contributed by atoms with Crippen molar-refractivity contribution in [2.24, 2.45) is 4.99 Å². The molecule has 0 aromatic heterocycles. The number of hydrogen-bond acceptors (Lipinski definition) is 3. The molecule has 6 aromatic carbocycles. The molecule has 1 atom stereocenters. The standard InChI is InChI=1S/C43H31N3/c1-2-11-28(12-3-1)43-45-40(27-41(46-43)39-21-6-7-24-44-39)32-16-9-14-30(26-32)29-13-8-15-31(25-29)33-22-23-38-35-18-5-4-17-34(35)37-20-10-19-36(33)42(37)38/h1-23,25-27,41,44H,24H2,(H,45,46). The van der Waals surface area contributed by atoms with Crippen molar-refractivity contribution in [3.63, 3.8) is 0 Å². The Morgan fingerprint density at radius 1 is 0.543 bits per heavy atom. The molecule has 2 N–H and O–H groups in total. The molecule has 1 unspecified atom stereocenters. The summed E-state index contributed by atoms with van der Waals surface area (Å²) < 4.78 is 0. The fourth-order valence-electron chi connectivity index (χ4n) is 7.08. The van der Waals surface area contributed by atoms with Gasteiger partial charge < -0.3 is 10.6 Å². The van der Waals surface area contributed by atoms with Gasteiger partial charge in [0.15, 0.2) is 0 Å². The largest absolute Gasteiger partial charge is 0.383 e. The zero-order chi connectivity index (χ0) is 30.5. The van der Waals surface area contributed by atoms with Crippen LogP contribution >= 0.6 is 0 Å². The maximum atomic E-state index is 5.13. The number of dihydropyridines is 1. The zero-order valence-electron chi connectivity index (χ0n) is 25.2. The number of fused-ring (bicyclic) bond motifs is 3. The molecule has 0 radical (unpaired) electrons. The van der Waals surface area contributed by atoms with E-state index in [0.29, 0.717) is 0 Å². The van der Waals surface area contributed by atoms with Crippen LogP contribution in [0.15, 0.2) is 168 Å². The first-order chi connectivity index (χ1) is 22.8. The minimum atomic E-state index is -0.00503. The van der Waals surface area contributed by atoms with Crippen LogP contribution in [-0.2, 0) is 0 Å². The van der Waals surface area contributed by atoms with Crippen molar-refractivity contribution in [1.82, 2.24) is 10.6 Å². The normalized spacial score (nSPS) is 16.2. The Morgan fingerprint density at radius 3 is 1.96 bits per heavy atom. The number of nitrogens with zero attached hydrogens (tertiary/aromatic N) is 1. The molecule has 3 aliphatic rings. The monoisotopic (exact) mass is 589 g/mol. The Bertz CT molecular complexity index is 2260. The van der Waals surface area contributed by atoms with Crippen molar-refractivity contribution in [3.8, 4) is 44.5 Å². The number of rotatable bonds is 5. The SMILES string of the molecule is C1=CCNC(C2C=C(c3cccc(-c4cccc(-c5ccc6c7c(cccc57)-c5ccccc5-6)c4)c3)N=C(c3ccccc3)N2)=C1. The molecule has 3 heteroatoms. The molecule has 6 aromatic rings. The topological polar surface area (TPSA) is 36.4 Å². The van der Waals surface area contributed by atoms with Crippen LogP contribution in [0.1, 0.15) is 11.1 Å². The quantitative estimate of drug-likeness (QED) is 0.210. The summed E-state index contributed by atoms with van der Waals surface area (Å²) >= 11 is 0. The second-order valence-electron chi connectivity index (χ2n) is 12.0. The number of hydrogen-bond donors (Lipinski definition) is 2. The number of aliphatic imine (C=N–C) groups is 1. The van der Waals surface area contributed by atoms with E-state index in [1.165, 1.54) is 55.3 Å². The molecule has 2 heterocycles. The van der Waals surface area contributed by atoms with Crippen molar-refractivity contribution < 1.29 is 0 Å². The Labute approximate surface area is 269 Å². The van der Waals surface area contributed by atoms with Crippen LogP contribution in [0.3, 0.4) is 0 Å². The van der Waals surface area contributed by atoms with E-state index in [4.69, 9.17) is 4.99 Å². The lowest BCUT2D eigenvalue weighted by Crippen LogP contribution is -2.42. The lowest BCUT2D eigenvalue weighted by molar-refractivity contribution is 0.724. The molecular formula is C43H31N3. The minimum absolute atomic E-state index is 0.00503. The van der Waals surface area contributed by atoms with Crippen LogP contribution in [-0.4, -0.2) is 18.4 Å². The molecule has 0 saturated heterocycles. The summed E-state index contributed by atoms with van der Waals surface area (Å²) in [6.45, 7) is 0.823. The molecule has 46 heavy (non-hydrogen) atoms. The van der Waals surface area contributed by atoms with Gasteiger partial charge in [-0.15, -0.1) is 0 Å². The summed E-state index contributed by atoms with van der Waals surface area (Å²) in [4.78, 5) is 5.13. The highest BCUT2D eigenvalue weighted by atomic mass is 15.1. The average molecular weight is 590 g/mol. The molecule has 218 valence electrons. The molecule has 0 fully saturated rings. The minimum Gasteiger partial charge on any atom is -0.383 e. The Hall–Kier alpha value is -5.93. The first-order valence-electron chi connectivity index (χ1n) is 15.9. The van der Waals surface area contributed by atoms with Gasteiger partial charge in [-0.05, 0) is 79.6 Å². The third-order valence-electron chi connectivity index (χ3n) is 9.28. The Balaban J connectivity index is 1.11. The van der Waals surface area contributed by atoms with Crippen molar-refractivity contribution in [2.45, 2.75) is 6.04 Å². The molecule has 0 spiro atoms. The van der Waals surface area contributed by atoms with Gasteiger partial charge in [-0.25, -0.2) is 4.99 Å². The van der Waals surface area contributed by atoms with Gasteiger partial charge in [-0.2, -0.15) is 0 Å². The van der Waals surface area contributed by atoms with E-state index in [1.54, 1.807) is 0 Å². The summed E-state index contributed by atoms with van der Waals surface area (Å²) in [5.41, 5.74) is 14.4. The highest BCUT2D eigenvalue weighted by molar-refractivity contribution is 6.18. The summed E-state index contributed by atoms with van der Waals surface area (Å²) in [5.74, 6) is 0.877. The average Bonchev–Trinajstić information content (AvgIpc) is 3.47.